The first-order chi connectivity index (χ1) is 8.09. The van der Waals surface area contributed by atoms with Gasteiger partial charge in [0.1, 0.15) is 0 Å². The molecule has 0 aliphatic carbocycles. The summed E-state index contributed by atoms with van der Waals surface area (Å²) >= 11 is 7.97. The first-order valence-electron chi connectivity index (χ1n) is 5.41. The van der Waals surface area contributed by atoms with Crippen molar-refractivity contribution in [3.8, 4) is 0 Å². The van der Waals surface area contributed by atoms with E-state index in [1.165, 1.54) is 4.88 Å². The number of halogens is 1. The predicted octanol–water partition coefficient (Wildman–Crippen LogP) is 4.18. The zero-order valence-electron chi connectivity index (χ0n) is 9.85. The van der Waals surface area contributed by atoms with Crippen LogP contribution in [0.5, 0.6) is 0 Å². The first kappa shape index (κ1) is 12.3. The highest BCUT2D eigenvalue weighted by atomic mass is 35.5. The molecule has 2 aromatic rings. The van der Waals surface area contributed by atoms with Crippen LogP contribution in [0, 0.1) is 0 Å². The number of thiophene rings is 1. The van der Waals surface area contributed by atoms with Gasteiger partial charge in [-0.05, 0) is 36.6 Å². The van der Waals surface area contributed by atoms with Crippen molar-refractivity contribution in [1.82, 2.24) is 0 Å². The van der Waals surface area contributed by atoms with Crippen LogP contribution in [0.2, 0.25) is 5.02 Å². The molecule has 90 valence electrons. The normalized spacial score (nSPS) is 12.4. The fourth-order valence-electron chi connectivity index (χ4n) is 1.74. The molecule has 2 nitrogen and oxygen atoms in total. The minimum Gasteiger partial charge on any atom is -0.399 e. The second-order valence-electron chi connectivity index (χ2n) is 4.01. The van der Waals surface area contributed by atoms with Crippen molar-refractivity contribution in [2.24, 2.45) is 0 Å². The van der Waals surface area contributed by atoms with Gasteiger partial charge in [-0.15, -0.1) is 11.3 Å². The van der Waals surface area contributed by atoms with E-state index in [9.17, 15) is 0 Å². The topological polar surface area (TPSA) is 29.3 Å². The first-order valence-corrected chi connectivity index (χ1v) is 6.66. The van der Waals surface area contributed by atoms with E-state index < -0.39 is 0 Å². The van der Waals surface area contributed by atoms with Crippen LogP contribution >= 0.6 is 22.9 Å². The largest absolute Gasteiger partial charge is 0.399 e. The van der Waals surface area contributed by atoms with Gasteiger partial charge in [0.2, 0.25) is 0 Å². The molecule has 0 radical (unpaired) electrons. The van der Waals surface area contributed by atoms with Gasteiger partial charge < -0.3 is 10.6 Å². The molecule has 17 heavy (non-hydrogen) atoms. The van der Waals surface area contributed by atoms with E-state index in [1.807, 2.05) is 19.2 Å². The highest BCUT2D eigenvalue weighted by Crippen LogP contribution is 2.33. The quantitative estimate of drug-likeness (QED) is 0.845. The minimum absolute atomic E-state index is 0.302. The summed E-state index contributed by atoms with van der Waals surface area (Å²) in [5.74, 6) is 0. The zero-order chi connectivity index (χ0) is 12.4. The van der Waals surface area contributed by atoms with Crippen LogP contribution in [0.1, 0.15) is 17.8 Å². The summed E-state index contributed by atoms with van der Waals surface area (Å²) in [4.78, 5) is 3.48. The molecule has 1 atom stereocenters. The van der Waals surface area contributed by atoms with Crippen molar-refractivity contribution in [2.45, 2.75) is 13.0 Å². The summed E-state index contributed by atoms with van der Waals surface area (Å²) in [6.45, 7) is 2.17. The van der Waals surface area contributed by atoms with Gasteiger partial charge in [0, 0.05) is 17.6 Å². The Kier molecular flexibility index (Phi) is 3.60. The molecule has 0 saturated carbocycles. The number of hydrogen-bond donors (Lipinski definition) is 1. The number of anilines is 2. The minimum atomic E-state index is 0.302. The second kappa shape index (κ2) is 4.98. The lowest BCUT2D eigenvalue weighted by Crippen LogP contribution is -2.21. The van der Waals surface area contributed by atoms with E-state index in [0.717, 1.165) is 5.69 Å². The van der Waals surface area contributed by atoms with E-state index in [-0.39, 0.29) is 0 Å². The number of benzene rings is 1. The molecule has 4 heteroatoms. The average Bonchev–Trinajstić information content (AvgIpc) is 2.80. The number of rotatable bonds is 3. The van der Waals surface area contributed by atoms with Crippen molar-refractivity contribution in [3.05, 3.63) is 45.6 Å². The molecule has 2 rings (SSSR count). The molecule has 0 aliphatic rings. The predicted molar refractivity (Wildman–Crippen MR) is 77.0 cm³/mol. The van der Waals surface area contributed by atoms with Crippen LogP contribution in [0.25, 0.3) is 0 Å². The number of nitrogen functional groups attached to an aromatic ring is 1. The third-order valence-corrected chi connectivity index (χ3v) is 4.23. The van der Waals surface area contributed by atoms with Gasteiger partial charge in [0.25, 0.3) is 0 Å². The van der Waals surface area contributed by atoms with Crippen LogP contribution in [0.3, 0.4) is 0 Å². The Hall–Kier alpha value is -1.19. The molecule has 1 aromatic carbocycles. The molecule has 0 spiro atoms. The van der Waals surface area contributed by atoms with Crippen molar-refractivity contribution >= 4 is 34.3 Å². The molecular formula is C13H15ClN2S. The molecule has 2 N–H and O–H groups in total. The molecule has 0 saturated heterocycles. The molecule has 1 aromatic heterocycles. The highest BCUT2D eigenvalue weighted by Gasteiger charge is 2.15. The van der Waals surface area contributed by atoms with Gasteiger partial charge in [-0.2, -0.15) is 0 Å². The van der Waals surface area contributed by atoms with Crippen molar-refractivity contribution in [2.75, 3.05) is 17.7 Å². The summed E-state index contributed by atoms with van der Waals surface area (Å²) in [5, 5.41) is 2.78. The Balaban J connectivity index is 2.28. The molecule has 0 bridgehead atoms. The average molecular weight is 267 g/mol. The van der Waals surface area contributed by atoms with Gasteiger partial charge in [-0.3, -0.25) is 0 Å². The SMILES string of the molecule is CC(c1cccs1)N(C)c1ccc(N)cc1Cl. The highest BCUT2D eigenvalue weighted by molar-refractivity contribution is 7.10. The third-order valence-electron chi connectivity index (χ3n) is 2.89. The molecule has 1 unspecified atom stereocenters. The van der Waals surface area contributed by atoms with Gasteiger partial charge in [-0.25, -0.2) is 0 Å². The zero-order valence-corrected chi connectivity index (χ0v) is 11.4. The summed E-state index contributed by atoms with van der Waals surface area (Å²) in [7, 11) is 2.04. The van der Waals surface area contributed by atoms with E-state index in [2.05, 4.69) is 29.3 Å². The van der Waals surface area contributed by atoms with Crippen molar-refractivity contribution in [1.29, 1.82) is 0 Å². The van der Waals surface area contributed by atoms with Crippen LogP contribution in [0.15, 0.2) is 35.7 Å². The van der Waals surface area contributed by atoms with Crippen molar-refractivity contribution in [3.63, 3.8) is 0 Å². The lowest BCUT2D eigenvalue weighted by molar-refractivity contribution is 0.754. The summed E-state index contributed by atoms with van der Waals surface area (Å²) < 4.78 is 0. The Bertz CT molecular complexity index is 496. The number of hydrogen-bond acceptors (Lipinski definition) is 3. The maximum Gasteiger partial charge on any atom is 0.0660 e. The van der Waals surface area contributed by atoms with Crippen LogP contribution in [-0.2, 0) is 0 Å². The fraction of sp³-hybridized carbons (Fsp3) is 0.231. The Labute approximate surface area is 111 Å². The molecule has 0 fully saturated rings. The van der Waals surface area contributed by atoms with Crippen LogP contribution < -0.4 is 10.6 Å². The van der Waals surface area contributed by atoms with Crippen LogP contribution in [-0.4, -0.2) is 7.05 Å². The number of nitrogens with zero attached hydrogens (tertiary/aromatic N) is 1. The van der Waals surface area contributed by atoms with Gasteiger partial charge >= 0.3 is 0 Å². The molecule has 0 aliphatic heterocycles. The third kappa shape index (κ3) is 2.56. The Morgan fingerprint density at radius 3 is 2.71 bits per heavy atom. The lowest BCUT2D eigenvalue weighted by atomic mass is 10.2. The second-order valence-corrected chi connectivity index (χ2v) is 5.40. The maximum atomic E-state index is 6.21. The lowest BCUT2D eigenvalue weighted by Gasteiger charge is -2.27. The summed E-state index contributed by atoms with van der Waals surface area (Å²) in [6.07, 6.45) is 0. The summed E-state index contributed by atoms with van der Waals surface area (Å²) in [6, 6.07) is 10.1. The maximum absolute atomic E-state index is 6.21. The standard InChI is InChI=1S/C13H15ClN2S/c1-9(13-4-3-7-17-13)16(2)12-6-5-10(15)8-11(12)14/h3-9H,15H2,1-2H3. The van der Waals surface area contributed by atoms with E-state index in [0.29, 0.717) is 16.8 Å². The Morgan fingerprint density at radius 2 is 2.12 bits per heavy atom. The smallest absolute Gasteiger partial charge is 0.0660 e. The van der Waals surface area contributed by atoms with Crippen molar-refractivity contribution < 1.29 is 0 Å². The number of nitrogens with two attached hydrogens (primary N) is 1. The van der Waals surface area contributed by atoms with Gasteiger partial charge in [0.15, 0.2) is 0 Å². The van der Waals surface area contributed by atoms with Crippen LogP contribution in [0.4, 0.5) is 11.4 Å². The van der Waals surface area contributed by atoms with Gasteiger partial charge in [-0.1, -0.05) is 17.7 Å². The van der Waals surface area contributed by atoms with E-state index in [4.69, 9.17) is 17.3 Å². The summed E-state index contributed by atoms with van der Waals surface area (Å²) in [5.41, 5.74) is 7.39. The molecule has 1 heterocycles. The fourth-order valence-corrected chi connectivity index (χ4v) is 2.89. The molecule has 0 amide bonds. The van der Waals surface area contributed by atoms with Gasteiger partial charge in [0.05, 0.1) is 16.8 Å². The monoisotopic (exact) mass is 266 g/mol. The Morgan fingerprint density at radius 1 is 1.35 bits per heavy atom. The molecular weight excluding hydrogens is 252 g/mol. The van der Waals surface area contributed by atoms with E-state index in [1.54, 1.807) is 17.4 Å². The van der Waals surface area contributed by atoms with E-state index >= 15 is 0 Å².